The number of ether oxygens (including phenoxy) is 1. The third-order valence-corrected chi connectivity index (χ3v) is 4.38. The highest BCUT2D eigenvalue weighted by Gasteiger charge is 2.22. The molecule has 0 aromatic rings. The van der Waals surface area contributed by atoms with Crippen LogP contribution in [0.1, 0.15) is 13.8 Å². The Kier molecular flexibility index (Phi) is 6.98. The monoisotopic (exact) mass is 275 g/mol. The lowest BCUT2D eigenvalue weighted by atomic mass is 9.96. The number of alkyl carbamates (subject to hydrolysis) is 1. The number of aliphatic carboxylic acids is 1. The fourth-order valence-corrected chi connectivity index (χ4v) is 2.02. The van der Waals surface area contributed by atoms with E-state index in [0.29, 0.717) is 6.61 Å². The van der Waals surface area contributed by atoms with Crippen LogP contribution in [0.2, 0.25) is 25.7 Å². The molecule has 0 aromatic heterocycles. The van der Waals surface area contributed by atoms with Crippen molar-refractivity contribution in [3.05, 3.63) is 0 Å². The summed E-state index contributed by atoms with van der Waals surface area (Å²) < 4.78 is 5.02. The number of hydrogen-bond acceptors (Lipinski definition) is 3. The summed E-state index contributed by atoms with van der Waals surface area (Å²) in [7, 11) is -1.20. The lowest BCUT2D eigenvalue weighted by Crippen LogP contribution is -2.36. The van der Waals surface area contributed by atoms with Gasteiger partial charge in [0.2, 0.25) is 0 Å². The number of carbonyl (C=O) groups is 2. The molecule has 5 nitrogen and oxygen atoms in total. The molecule has 0 aromatic carbocycles. The molecule has 6 heteroatoms. The maximum atomic E-state index is 11.4. The maximum Gasteiger partial charge on any atom is 0.407 e. The molecule has 2 N–H and O–H groups in total. The molecule has 1 unspecified atom stereocenters. The second kappa shape index (κ2) is 7.40. The molecule has 18 heavy (non-hydrogen) atoms. The molecule has 0 heterocycles. The number of carboxylic acid groups (broad SMARTS) is 1. The molecular formula is C12H25NO4Si. The van der Waals surface area contributed by atoms with Crippen molar-refractivity contribution in [2.75, 3.05) is 13.2 Å². The van der Waals surface area contributed by atoms with Gasteiger partial charge in [-0.15, -0.1) is 0 Å². The SMILES string of the molecule is CC(C)C(CNC(=O)OCC[Si](C)(C)C)C(=O)O. The summed E-state index contributed by atoms with van der Waals surface area (Å²) in [5.41, 5.74) is 0. The van der Waals surface area contributed by atoms with Crippen LogP contribution in [0.15, 0.2) is 0 Å². The van der Waals surface area contributed by atoms with Crippen LogP contribution in [0.25, 0.3) is 0 Å². The van der Waals surface area contributed by atoms with Crippen molar-refractivity contribution >= 4 is 20.1 Å². The average molecular weight is 275 g/mol. The van der Waals surface area contributed by atoms with Crippen molar-refractivity contribution in [3.63, 3.8) is 0 Å². The highest BCUT2D eigenvalue weighted by Crippen LogP contribution is 2.10. The Labute approximate surface area is 110 Å². The van der Waals surface area contributed by atoms with Crippen LogP contribution in [0.3, 0.4) is 0 Å². The summed E-state index contributed by atoms with van der Waals surface area (Å²) in [6, 6.07) is 0.910. The van der Waals surface area contributed by atoms with E-state index in [0.717, 1.165) is 6.04 Å². The van der Waals surface area contributed by atoms with E-state index < -0.39 is 26.1 Å². The highest BCUT2D eigenvalue weighted by molar-refractivity contribution is 6.76. The van der Waals surface area contributed by atoms with Crippen LogP contribution in [0.4, 0.5) is 4.79 Å². The van der Waals surface area contributed by atoms with E-state index in [1.165, 1.54) is 0 Å². The highest BCUT2D eigenvalue weighted by atomic mass is 28.3. The van der Waals surface area contributed by atoms with Gasteiger partial charge in [-0.1, -0.05) is 33.5 Å². The van der Waals surface area contributed by atoms with E-state index in [-0.39, 0.29) is 12.5 Å². The quantitative estimate of drug-likeness (QED) is 0.700. The van der Waals surface area contributed by atoms with Crippen molar-refractivity contribution in [2.24, 2.45) is 11.8 Å². The van der Waals surface area contributed by atoms with Crippen molar-refractivity contribution < 1.29 is 19.4 Å². The Morgan fingerprint density at radius 1 is 1.28 bits per heavy atom. The van der Waals surface area contributed by atoms with E-state index in [2.05, 4.69) is 25.0 Å². The van der Waals surface area contributed by atoms with E-state index >= 15 is 0 Å². The number of nitrogens with one attached hydrogen (secondary N) is 1. The van der Waals surface area contributed by atoms with Gasteiger partial charge in [0, 0.05) is 14.6 Å². The average Bonchev–Trinajstić information content (AvgIpc) is 2.14. The number of carboxylic acids is 1. The molecule has 0 bridgehead atoms. The van der Waals surface area contributed by atoms with Crippen LogP contribution in [-0.2, 0) is 9.53 Å². The summed E-state index contributed by atoms with van der Waals surface area (Å²) in [5.74, 6) is -1.49. The summed E-state index contributed by atoms with van der Waals surface area (Å²) in [6.07, 6.45) is -0.528. The van der Waals surface area contributed by atoms with Gasteiger partial charge in [0.25, 0.3) is 0 Å². The zero-order chi connectivity index (χ0) is 14.3. The van der Waals surface area contributed by atoms with E-state index in [1.807, 2.05) is 13.8 Å². The van der Waals surface area contributed by atoms with Gasteiger partial charge in [-0.3, -0.25) is 4.79 Å². The van der Waals surface area contributed by atoms with Gasteiger partial charge in [0.05, 0.1) is 12.5 Å². The van der Waals surface area contributed by atoms with Crippen LogP contribution in [0.5, 0.6) is 0 Å². The van der Waals surface area contributed by atoms with Crippen molar-refractivity contribution in [2.45, 2.75) is 39.5 Å². The first kappa shape index (κ1) is 17.0. The summed E-state index contributed by atoms with van der Waals surface area (Å²) in [6.45, 7) is 10.8. The molecule has 106 valence electrons. The first-order chi connectivity index (χ1) is 8.13. The molecule has 0 fully saturated rings. The minimum absolute atomic E-state index is 0.0233. The first-order valence-corrected chi connectivity index (χ1v) is 9.97. The minimum atomic E-state index is -1.20. The number of hydrogen-bond donors (Lipinski definition) is 2. The van der Waals surface area contributed by atoms with Gasteiger partial charge in [-0.2, -0.15) is 0 Å². The predicted molar refractivity (Wildman–Crippen MR) is 73.5 cm³/mol. The topological polar surface area (TPSA) is 75.6 Å². The summed E-state index contributed by atoms with van der Waals surface area (Å²) in [5, 5.41) is 11.5. The van der Waals surface area contributed by atoms with E-state index in [1.54, 1.807) is 0 Å². The normalized spacial score (nSPS) is 13.2. The Morgan fingerprint density at radius 2 is 1.83 bits per heavy atom. The number of carbonyl (C=O) groups excluding carboxylic acids is 1. The number of amides is 1. The Balaban J connectivity index is 3.92. The smallest absolute Gasteiger partial charge is 0.407 e. The van der Waals surface area contributed by atoms with Crippen LogP contribution in [-0.4, -0.2) is 38.4 Å². The fourth-order valence-electron chi connectivity index (χ4n) is 1.30. The van der Waals surface area contributed by atoms with E-state index in [4.69, 9.17) is 9.84 Å². The zero-order valence-corrected chi connectivity index (χ0v) is 12.9. The third-order valence-electron chi connectivity index (χ3n) is 2.67. The van der Waals surface area contributed by atoms with Gasteiger partial charge in [-0.25, -0.2) is 4.79 Å². The van der Waals surface area contributed by atoms with Crippen LogP contribution in [0, 0.1) is 11.8 Å². The van der Waals surface area contributed by atoms with E-state index in [9.17, 15) is 9.59 Å². The van der Waals surface area contributed by atoms with Gasteiger partial charge in [-0.05, 0) is 12.0 Å². The molecule has 0 spiro atoms. The molecule has 0 aliphatic carbocycles. The van der Waals surface area contributed by atoms with Crippen molar-refractivity contribution in [3.8, 4) is 0 Å². The summed E-state index contributed by atoms with van der Waals surface area (Å²) >= 11 is 0. The zero-order valence-electron chi connectivity index (χ0n) is 11.9. The van der Waals surface area contributed by atoms with Gasteiger partial charge in [0.15, 0.2) is 0 Å². The second-order valence-electron chi connectivity index (χ2n) is 6.02. The van der Waals surface area contributed by atoms with Crippen LogP contribution < -0.4 is 5.32 Å². The minimum Gasteiger partial charge on any atom is -0.481 e. The van der Waals surface area contributed by atoms with Gasteiger partial charge >= 0.3 is 12.1 Å². The third kappa shape index (κ3) is 8.11. The molecule has 1 amide bonds. The number of rotatable bonds is 7. The molecule has 1 atom stereocenters. The lowest BCUT2D eigenvalue weighted by Gasteiger charge is -2.18. The lowest BCUT2D eigenvalue weighted by molar-refractivity contribution is -0.142. The Bertz CT molecular complexity index is 286. The van der Waals surface area contributed by atoms with Crippen LogP contribution >= 0.6 is 0 Å². The van der Waals surface area contributed by atoms with Gasteiger partial charge < -0.3 is 15.2 Å². The summed E-state index contributed by atoms with van der Waals surface area (Å²) in [4.78, 5) is 22.3. The van der Waals surface area contributed by atoms with Gasteiger partial charge in [0.1, 0.15) is 0 Å². The predicted octanol–water partition coefficient (Wildman–Crippen LogP) is 2.41. The van der Waals surface area contributed by atoms with Crippen molar-refractivity contribution in [1.29, 1.82) is 0 Å². The molecule has 0 aliphatic heterocycles. The van der Waals surface area contributed by atoms with Crippen molar-refractivity contribution in [1.82, 2.24) is 5.32 Å². The maximum absolute atomic E-state index is 11.4. The molecule has 0 rings (SSSR count). The largest absolute Gasteiger partial charge is 0.481 e. The Hall–Kier alpha value is -1.04. The molecule has 0 saturated carbocycles. The molecule has 0 aliphatic rings. The standard InChI is InChI=1S/C12H25NO4Si/c1-9(2)10(11(14)15)8-13-12(16)17-6-7-18(3,4)5/h9-10H,6-8H2,1-5H3,(H,13,16)(H,14,15). The first-order valence-electron chi connectivity index (χ1n) is 6.27. The Morgan fingerprint density at radius 3 is 2.22 bits per heavy atom. The molecular weight excluding hydrogens is 250 g/mol. The second-order valence-corrected chi connectivity index (χ2v) is 11.6. The molecule has 0 radical (unpaired) electrons. The molecule has 0 saturated heterocycles. The fraction of sp³-hybridized carbons (Fsp3) is 0.833.